The van der Waals surface area contributed by atoms with Gasteiger partial charge in [-0.15, -0.1) is 0 Å². The van der Waals surface area contributed by atoms with Crippen LogP contribution >= 0.6 is 0 Å². The molecular formula is C17H34N2. The average Bonchev–Trinajstić information content (AvgIpc) is 2.39. The highest BCUT2D eigenvalue weighted by atomic mass is 15.2. The first-order valence-corrected chi connectivity index (χ1v) is 8.50. The summed E-state index contributed by atoms with van der Waals surface area (Å²) in [6, 6.07) is 1.59. The summed E-state index contributed by atoms with van der Waals surface area (Å²) in [5.74, 6) is 0.875. The van der Waals surface area contributed by atoms with Gasteiger partial charge < -0.3 is 5.73 Å². The van der Waals surface area contributed by atoms with Crippen LogP contribution in [0.5, 0.6) is 0 Å². The predicted octanol–water partition coefficient (Wildman–Crippen LogP) is 3.79. The van der Waals surface area contributed by atoms with Gasteiger partial charge in [-0.2, -0.15) is 0 Å². The molecule has 2 heteroatoms. The van der Waals surface area contributed by atoms with Crippen molar-refractivity contribution in [3.05, 3.63) is 0 Å². The molecule has 3 atom stereocenters. The van der Waals surface area contributed by atoms with Crippen LogP contribution in [0.15, 0.2) is 0 Å². The molecule has 0 bridgehead atoms. The molecule has 0 amide bonds. The highest BCUT2D eigenvalue weighted by Crippen LogP contribution is 2.42. The lowest BCUT2D eigenvalue weighted by Crippen LogP contribution is -2.53. The van der Waals surface area contributed by atoms with Gasteiger partial charge in [-0.3, -0.25) is 4.90 Å². The molecule has 2 aliphatic rings. The van der Waals surface area contributed by atoms with Crippen LogP contribution in [0.3, 0.4) is 0 Å². The van der Waals surface area contributed by atoms with Crippen molar-refractivity contribution in [2.45, 2.75) is 84.2 Å². The van der Waals surface area contributed by atoms with Crippen LogP contribution in [-0.2, 0) is 0 Å². The van der Waals surface area contributed by atoms with Gasteiger partial charge in [0.2, 0.25) is 0 Å². The van der Waals surface area contributed by atoms with E-state index in [4.69, 9.17) is 5.73 Å². The monoisotopic (exact) mass is 266 g/mol. The van der Waals surface area contributed by atoms with Gasteiger partial charge >= 0.3 is 0 Å². The van der Waals surface area contributed by atoms with E-state index in [2.05, 4.69) is 25.7 Å². The number of hydrogen-bond acceptors (Lipinski definition) is 2. The Kier molecular flexibility index (Phi) is 5.30. The van der Waals surface area contributed by atoms with E-state index in [1.807, 2.05) is 0 Å². The number of nitrogens with two attached hydrogens (primary N) is 1. The minimum absolute atomic E-state index is 0.454. The van der Waals surface area contributed by atoms with E-state index in [0.29, 0.717) is 5.41 Å². The van der Waals surface area contributed by atoms with E-state index in [1.54, 1.807) is 0 Å². The molecule has 0 aromatic rings. The van der Waals surface area contributed by atoms with Crippen molar-refractivity contribution in [3.63, 3.8) is 0 Å². The van der Waals surface area contributed by atoms with E-state index in [-0.39, 0.29) is 0 Å². The molecule has 0 aromatic carbocycles. The summed E-state index contributed by atoms with van der Waals surface area (Å²) in [5.41, 5.74) is 6.30. The molecule has 2 fully saturated rings. The molecule has 0 radical (unpaired) electrons. The number of nitrogens with zero attached hydrogens (tertiary/aromatic N) is 1. The third-order valence-corrected chi connectivity index (χ3v) is 5.44. The third kappa shape index (κ3) is 3.72. The summed E-state index contributed by atoms with van der Waals surface area (Å²) >= 11 is 0. The Bertz CT molecular complexity index is 267. The van der Waals surface area contributed by atoms with Gasteiger partial charge in [-0.1, -0.05) is 40.0 Å². The maximum absolute atomic E-state index is 5.84. The largest absolute Gasteiger partial charge is 0.330 e. The van der Waals surface area contributed by atoms with Gasteiger partial charge in [0.15, 0.2) is 0 Å². The summed E-state index contributed by atoms with van der Waals surface area (Å²) in [5, 5.41) is 0. The van der Waals surface area contributed by atoms with E-state index in [0.717, 1.165) is 24.5 Å². The van der Waals surface area contributed by atoms with Crippen molar-refractivity contribution in [1.29, 1.82) is 0 Å². The molecule has 1 aliphatic carbocycles. The Morgan fingerprint density at radius 3 is 2.37 bits per heavy atom. The molecule has 2 N–H and O–H groups in total. The molecule has 1 saturated carbocycles. The fourth-order valence-corrected chi connectivity index (χ4v) is 4.48. The fraction of sp³-hybridized carbons (Fsp3) is 1.00. The molecule has 2 rings (SSSR count). The molecule has 112 valence electrons. The highest BCUT2D eigenvalue weighted by molar-refractivity contribution is 4.93. The average molecular weight is 266 g/mol. The van der Waals surface area contributed by atoms with Crippen molar-refractivity contribution in [1.82, 2.24) is 4.90 Å². The fourth-order valence-electron chi connectivity index (χ4n) is 4.48. The second-order valence-electron chi connectivity index (χ2n) is 7.79. The lowest BCUT2D eigenvalue weighted by molar-refractivity contribution is -0.00257. The predicted molar refractivity (Wildman–Crippen MR) is 83.2 cm³/mol. The molecular weight excluding hydrogens is 232 g/mol. The zero-order chi connectivity index (χ0) is 13.9. The van der Waals surface area contributed by atoms with Crippen LogP contribution in [0.4, 0.5) is 0 Å². The number of rotatable bonds is 3. The summed E-state index contributed by atoms with van der Waals surface area (Å²) < 4.78 is 0. The molecule has 1 heterocycles. The number of piperidine rings is 1. The van der Waals surface area contributed by atoms with Gasteiger partial charge in [0.1, 0.15) is 0 Å². The van der Waals surface area contributed by atoms with Crippen molar-refractivity contribution in [3.8, 4) is 0 Å². The molecule has 1 aliphatic heterocycles. The summed E-state index contributed by atoms with van der Waals surface area (Å²) in [6.45, 7) is 9.50. The van der Waals surface area contributed by atoms with Crippen LogP contribution in [0, 0.1) is 11.3 Å². The van der Waals surface area contributed by atoms with Crippen LogP contribution in [0.2, 0.25) is 0 Å². The van der Waals surface area contributed by atoms with E-state index in [1.165, 1.54) is 57.9 Å². The maximum Gasteiger partial charge on any atom is 0.0131 e. The highest BCUT2D eigenvalue weighted by Gasteiger charge is 2.39. The minimum atomic E-state index is 0.454. The molecule has 1 saturated heterocycles. The van der Waals surface area contributed by atoms with Crippen LogP contribution < -0.4 is 5.73 Å². The Morgan fingerprint density at radius 2 is 1.68 bits per heavy atom. The quantitative estimate of drug-likeness (QED) is 0.842. The first kappa shape index (κ1) is 15.3. The molecule has 19 heavy (non-hydrogen) atoms. The van der Waals surface area contributed by atoms with Crippen molar-refractivity contribution in [2.75, 3.05) is 13.1 Å². The van der Waals surface area contributed by atoms with Gasteiger partial charge in [-0.25, -0.2) is 0 Å². The zero-order valence-corrected chi connectivity index (χ0v) is 13.3. The van der Waals surface area contributed by atoms with Crippen molar-refractivity contribution >= 4 is 0 Å². The van der Waals surface area contributed by atoms with Gasteiger partial charge in [0.05, 0.1) is 0 Å². The van der Waals surface area contributed by atoms with E-state index < -0.39 is 0 Å². The van der Waals surface area contributed by atoms with Gasteiger partial charge in [-0.05, 0) is 56.5 Å². The number of hydrogen-bond donors (Lipinski definition) is 1. The molecule has 0 spiro atoms. The van der Waals surface area contributed by atoms with Gasteiger partial charge in [0, 0.05) is 12.1 Å². The SMILES string of the molecule is CC(C)(C)C1CCCCC1N1CCCCC1CCN. The molecule has 2 nitrogen and oxygen atoms in total. The minimum Gasteiger partial charge on any atom is -0.330 e. The van der Waals surface area contributed by atoms with Crippen LogP contribution in [-0.4, -0.2) is 30.1 Å². The third-order valence-electron chi connectivity index (χ3n) is 5.44. The second-order valence-corrected chi connectivity index (χ2v) is 7.79. The summed E-state index contributed by atoms with van der Waals surface area (Å²) in [6.07, 6.45) is 11.1. The molecule has 0 aromatic heterocycles. The Morgan fingerprint density at radius 1 is 1.00 bits per heavy atom. The summed E-state index contributed by atoms with van der Waals surface area (Å²) in [4.78, 5) is 2.87. The number of likely N-dealkylation sites (tertiary alicyclic amines) is 1. The van der Waals surface area contributed by atoms with Crippen LogP contribution in [0.25, 0.3) is 0 Å². The van der Waals surface area contributed by atoms with Gasteiger partial charge in [0.25, 0.3) is 0 Å². The second kappa shape index (κ2) is 6.58. The van der Waals surface area contributed by atoms with Crippen molar-refractivity contribution in [2.24, 2.45) is 17.1 Å². The van der Waals surface area contributed by atoms with Crippen LogP contribution in [0.1, 0.15) is 72.1 Å². The Balaban J connectivity index is 2.10. The maximum atomic E-state index is 5.84. The lowest BCUT2D eigenvalue weighted by Gasteiger charge is -2.50. The Labute approximate surface area is 120 Å². The standard InChI is InChI=1S/C17H34N2/c1-17(2,3)15-9-4-5-10-16(15)19-13-7-6-8-14(19)11-12-18/h14-16H,4-13,18H2,1-3H3. The van der Waals surface area contributed by atoms with E-state index >= 15 is 0 Å². The zero-order valence-electron chi connectivity index (χ0n) is 13.3. The summed E-state index contributed by atoms with van der Waals surface area (Å²) in [7, 11) is 0. The first-order chi connectivity index (χ1) is 9.04. The first-order valence-electron chi connectivity index (χ1n) is 8.50. The molecule has 3 unspecified atom stereocenters. The Hall–Kier alpha value is -0.0800. The van der Waals surface area contributed by atoms with E-state index in [9.17, 15) is 0 Å². The smallest absolute Gasteiger partial charge is 0.0131 e. The normalized spacial score (nSPS) is 34.4. The van der Waals surface area contributed by atoms with Crippen molar-refractivity contribution < 1.29 is 0 Å². The topological polar surface area (TPSA) is 29.3 Å². The lowest BCUT2D eigenvalue weighted by atomic mass is 9.68.